The first-order chi connectivity index (χ1) is 4.88. The number of nitrogens with zero attached hydrogens (tertiary/aromatic N) is 3. The van der Waals surface area contributed by atoms with Crippen LogP contribution in [0.25, 0.3) is 11.0 Å². The van der Waals surface area contributed by atoms with E-state index < -0.39 is 0 Å². The van der Waals surface area contributed by atoms with Gasteiger partial charge in [0.05, 0.1) is 6.20 Å². The third-order valence-corrected chi connectivity index (χ3v) is 1.35. The van der Waals surface area contributed by atoms with E-state index in [2.05, 4.69) is 10.2 Å². The molecular weight excluding hydrogens is 130 g/mol. The van der Waals surface area contributed by atoms with Crippen molar-refractivity contribution in [3.8, 4) is 0 Å². The third kappa shape index (κ3) is 0.556. The van der Waals surface area contributed by atoms with Crippen LogP contribution in [0.15, 0.2) is 24.5 Å². The van der Waals surface area contributed by atoms with Gasteiger partial charge < -0.3 is 5.21 Å². The summed E-state index contributed by atoms with van der Waals surface area (Å²) in [6.07, 6.45) is 3.06. The molecule has 0 unspecified atom stereocenters. The van der Waals surface area contributed by atoms with Gasteiger partial charge in [-0.2, -0.15) is 9.83 Å². The standard InChI is InChI=1S/C6H5N3O/c10-9-4-2-5-6(9)1-3-7-8-5/h1-4,10H. The Labute approximate surface area is 56.7 Å². The fraction of sp³-hybridized carbons (Fsp3) is 0. The van der Waals surface area contributed by atoms with Crippen LogP contribution in [0.5, 0.6) is 0 Å². The predicted octanol–water partition coefficient (Wildman–Crippen LogP) is 0.669. The minimum atomic E-state index is 0.676. The molecule has 4 heteroatoms. The number of rotatable bonds is 0. The first-order valence-electron chi connectivity index (χ1n) is 2.86. The summed E-state index contributed by atoms with van der Waals surface area (Å²) in [5, 5.41) is 16.5. The summed E-state index contributed by atoms with van der Waals surface area (Å²) >= 11 is 0. The Balaban J connectivity index is 2.93. The van der Waals surface area contributed by atoms with Gasteiger partial charge >= 0.3 is 0 Å². The van der Waals surface area contributed by atoms with Crippen LogP contribution in [-0.2, 0) is 0 Å². The molecule has 2 rings (SSSR count). The van der Waals surface area contributed by atoms with Gasteiger partial charge in [-0.3, -0.25) is 0 Å². The van der Waals surface area contributed by atoms with Crippen LogP contribution in [0.2, 0.25) is 0 Å². The molecule has 0 fully saturated rings. The minimum Gasteiger partial charge on any atom is -0.428 e. The molecule has 1 N–H and O–H groups in total. The normalized spacial score (nSPS) is 10.4. The molecule has 0 amide bonds. The van der Waals surface area contributed by atoms with Gasteiger partial charge in [-0.15, -0.1) is 5.10 Å². The Bertz CT molecular complexity index is 355. The maximum Gasteiger partial charge on any atom is 0.114 e. The Hall–Kier alpha value is -1.58. The second-order valence-corrected chi connectivity index (χ2v) is 1.96. The van der Waals surface area contributed by atoms with E-state index in [1.165, 1.54) is 12.4 Å². The molecule has 0 saturated heterocycles. The Morgan fingerprint density at radius 3 is 3.10 bits per heavy atom. The summed E-state index contributed by atoms with van der Waals surface area (Å²) in [7, 11) is 0. The lowest BCUT2D eigenvalue weighted by molar-refractivity contribution is 0.200. The van der Waals surface area contributed by atoms with Gasteiger partial charge in [0, 0.05) is 6.20 Å². The van der Waals surface area contributed by atoms with E-state index >= 15 is 0 Å². The van der Waals surface area contributed by atoms with Crippen molar-refractivity contribution in [1.29, 1.82) is 0 Å². The predicted molar refractivity (Wildman–Crippen MR) is 34.7 cm³/mol. The smallest absolute Gasteiger partial charge is 0.114 e. The number of hydrogen-bond donors (Lipinski definition) is 1. The molecule has 2 heterocycles. The molecule has 0 aliphatic rings. The molecule has 0 bridgehead atoms. The zero-order valence-electron chi connectivity index (χ0n) is 5.10. The fourth-order valence-electron chi connectivity index (χ4n) is 0.870. The molecule has 10 heavy (non-hydrogen) atoms. The SMILES string of the molecule is On1ccc2nnccc21. The average molecular weight is 135 g/mol. The van der Waals surface area contributed by atoms with Gasteiger partial charge in [-0.05, 0) is 12.1 Å². The van der Waals surface area contributed by atoms with E-state index in [-0.39, 0.29) is 0 Å². The lowest BCUT2D eigenvalue weighted by Gasteiger charge is -1.89. The first kappa shape index (κ1) is 5.22. The fourth-order valence-corrected chi connectivity index (χ4v) is 0.870. The Morgan fingerprint density at radius 1 is 1.40 bits per heavy atom. The monoisotopic (exact) mass is 135 g/mol. The molecule has 0 saturated carbocycles. The summed E-state index contributed by atoms with van der Waals surface area (Å²) in [6.45, 7) is 0. The van der Waals surface area contributed by atoms with Crippen LogP contribution in [0.4, 0.5) is 0 Å². The lowest BCUT2D eigenvalue weighted by Crippen LogP contribution is -1.86. The van der Waals surface area contributed by atoms with Crippen LogP contribution < -0.4 is 0 Å². The van der Waals surface area contributed by atoms with Crippen LogP contribution in [-0.4, -0.2) is 20.1 Å². The Morgan fingerprint density at radius 2 is 2.30 bits per heavy atom. The molecule has 50 valence electrons. The summed E-state index contributed by atoms with van der Waals surface area (Å²) < 4.78 is 1.02. The van der Waals surface area contributed by atoms with Crippen LogP contribution in [0.3, 0.4) is 0 Å². The van der Waals surface area contributed by atoms with Gasteiger partial charge in [-0.1, -0.05) is 0 Å². The van der Waals surface area contributed by atoms with Crippen molar-refractivity contribution < 1.29 is 5.21 Å². The van der Waals surface area contributed by atoms with Gasteiger partial charge in [0.2, 0.25) is 0 Å². The van der Waals surface area contributed by atoms with E-state index in [4.69, 9.17) is 5.21 Å². The summed E-state index contributed by atoms with van der Waals surface area (Å²) in [5.74, 6) is 0. The van der Waals surface area contributed by atoms with Crippen molar-refractivity contribution in [2.45, 2.75) is 0 Å². The molecule has 0 aliphatic carbocycles. The van der Waals surface area contributed by atoms with Gasteiger partial charge in [0.1, 0.15) is 11.0 Å². The Kier molecular flexibility index (Phi) is 0.887. The molecule has 2 aromatic heterocycles. The average Bonchev–Trinajstić information content (AvgIpc) is 2.34. The molecule has 4 nitrogen and oxygen atoms in total. The van der Waals surface area contributed by atoms with Crippen molar-refractivity contribution >= 4 is 11.0 Å². The largest absolute Gasteiger partial charge is 0.428 e. The number of aromatic nitrogens is 3. The van der Waals surface area contributed by atoms with Crippen molar-refractivity contribution in [2.24, 2.45) is 0 Å². The number of fused-ring (bicyclic) bond motifs is 1. The molecule has 0 aliphatic heterocycles. The zero-order valence-corrected chi connectivity index (χ0v) is 5.10. The molecule has 0 spiro atoms. The van der Waals surface area contributed by atoms with Gasteiger partial charge in [-0.25, -0.2) is 0 Å². The van der Waals surface area contributed by atoms with Gasteiger partial charge in [0.25, 0.3) is 0 Å². The second kappa shape index (κ2) is 1.70. The highest BCUT2D eigenvalue weighted by molar-refractivity contribution is 5.73. The van der Waals surface area contributed by atoms with Gasteiger partial charge in [0.15, 0.2) is 0 Å². The van der Waals surface area contributed by atoms with Crippen molar-refractivity contribution in [3.05, 3.63) is 24.5 Å². The highest BCUT2D eigenvalue weighted by atomic mass is 16.5. The highest BCUT2D eigenvalue weighted by Gasteiger charge is 1.97. The van der Waals surface area contributed by atoms with E-state index in [9.17, 15) is 0 Å². The molecule has 2 aromatic rings. The molecule has 0 aromatic carbocycles. The van der Waals surface area contributed by atoms with E-state index in [1.54, 1.807) is 12.1 Å². The zero-order chi connectivity index (χ0) is 6.97. The minimum absolute atomic E-state index is 0.676. The lowest BCUT2D eigenvalue weighted by atomic mass is 10.4. The third-order valence-electron chi connectivity index (χ3n) is 1.35. The highest BCUT2D eigenvalue weighted by Crippen LogP contribution is 2.07. The second-order valence-electron chi connectivity index (χ2n) is 1.96. The number of hydrogen-bond acceptors (Lipinski definition) is 3. The quantitative estimate of drug-likeness (QED) is 0.540. The van der Waals surface area contributed by atoms with Crippen molar-refractivity contribution in [2.75, 3.05) is 0 Å². The summed E-state index contributed by atoms with van der Waals surface area (Å²) in [6, 6.07) is 3.39. The van der Waals surface area contributed by atoms with Crippen LogP contribution >= 0.6 is 0 Å². The maximum atomic E-state index is 9.06. The van der Waals surface area contributed by atoms with E-state index in [1.807, 2.05) is 0 Å². The van der Waals surface area contributed by atoms with Crippen molar-refractivity contribution in [3.63, 3.8) is 0 Å². The summed E-state index contributed by atoms with van der Waals surface area (Å²) in [4.78, 5) is 0. The molecule has 0 atom stereocenters. The van der Waals surface area contributed by atoms with Crippen LogP contribution in [0.1, 0.15) is 0 Å². The molecule has 0 radical (unpaired) electrons. The topological polar surface area (TPSA) is 50.9 Å². The van der Waals surface area contributed by atoms with Crippen molar-refractivity contribution in [1.82, 2.24) is 14.9 Å². The van der Waals surface area contributed by atoms with E-state index in [0.29, 0.717) is 11.0 Å². The summed E-state index contributed by atoms with van der Waals surface area (Å²) in [5.41, 5.74) is 1.38. The molecular formula is C6H5N3O. The maximum absolute atomic E-state index is 9.06. The first-order valence-corrected chi connectivity index (χ1v) is 2.86. The van der Waals surface area contributed by atoms with Crippen LogP contribution in [0, 0.1) is 0 Å². The van der Waals surface area contributed by atoms with E-state index in [0.717, 1.165) is 4.73 Å².